The molecule has 0 atom stereocenters. The molecule has 3 heterocycles. The number of rotatable bonds is 4. The zero-order valence-electron chi connectivity index (χ0n) is 17.1. The van der Waals surface area contributed by atoms with E-state index in [1.54, 1.807) is 11.1 Å². The third kappa shape index (κ3) is 4.07. The average Bonchev–Trinajstić information content (AvgIpc) is 3.12. The Morgan fingerprint density at radius 1 is 0.931 bits per heavy atom. The van der Waals surface area contributed by atoms with Gasteiger partial charge in [-0.1, -0.05) is 25.1 Å². The van der Waals surface area contributed by atoms with Crippen LogP contribution in [0.15, 0.2) is 30.5 Å². The third-order valence-electron chi connectivity index (χ3n) is 6.31. The second kappa shape index (κ2) is 8.39. The number of nitrogens with zero attached hydrogens (tertiary/aromatic N) is 3. The normalized spacial score (nSPS) is 18.2. The third-order valence-corrected chi connectivity index (χ3v) is 6.31. The van der Waals surface area contributed by atoms with Gasteiger partial charge >= 0.3 is 0 Å². The van der Waals surface area contributed by atoms with Crippen molar-refractivity contribution in [3.05, 3.63) is 36.0 Å². The molecule has 4 rings (SSSR count). The number of ketones is 1. The van der Waals surface area contributed by atoms with E-state index in [0.717, 1.165) is 56.1 Å². The standard InChI is InChI=1S/C23H29N3O3/c1-17-9-13-24(14-10-17)21(27)16-26-15-19(18-7-3-4-8-20(18)26)22(28)23(29)25-11-5-2-6-12-25/h3-4,7-8,15,17H,2,5-6,9-14,16H2,1H3. The lowest BCUT2D eigenvalue weighted by Gasteiger charge is -2.30. The number of hydrogen-bond donors (Lipinski definition) is 0. The number of para-hydroxylation sites is 1. The Bertz CT molecular complexity index is 919. The van der Waals surface area contributed by atoms with Gasteiger partial charge in [-0.25, -0.2) is 0 Å². The number of Topliss-reactive ketones (excluding diaryl/α,β-unsaturated/α-hetero) is 1. The van der Waals surface area contributed by atoms with Crippen molar-refractivity contribution in [1.82, 2.24) is 14.4 Å². The van der Waals surface area contributed by atoms with Crippen LogP contribution in [-0.4, -0.2) is 58.1 Å². The molecule has 29 heavy (non-hydrogen) atoms. The van der Waals surface area contributed by atoms with Crippen molar-refractivity contribution in [3.63, 3.8) is 0 Å². The van der Waals surface area contributed by atoms with Crippen molar-refractivity contribution < 1.29 is 14.4 Å². The molecule has 6 nitrogen and oxygen atoms in total. The summed E-state index contributed by atoms with van der Waals surface area (Å²) in [6.45, 7) is 5.29. The Balaban J connectivity index is 1.57. The predicted octanol–water partition coefficient (Wildman–Crippen LogP) is 3.10. The number of amides is 2. The van der Waals surface area contributed by atoms with Crippen molar-refractivity contribution >= 4 is 28.5 Å². The number of carbonyl (C=O) groups is 3. The molecule has 0 spiro atoms. The molecule has 2 fully saturated rings. The van der Waals surface area contributed by atoms with Gasteiger partial charge in [0.2, 0.25) is 5.91 Å². The van der Waals surface area contributed by atoms with Crippen LogP contribution in [0.25, 0.3) is 10.9 Å². The maximum absolute atomic E-state index is 13.0. The van der Waals surface area contributed by atoms with Crippen molar-refractivity contribution in [3.8, 4) is 0 Å². The molecular weight excluding hydrogens is 366 g/mol. The highest BCUT2D eigenvalue weighted by Gasteiger charge is 2.28. The van der Waals surface area contributed by atoms with Gasteiger partial charge in [0.05, 0.1) is 5.56 Å². The second-order valence-electron chi connectivity index (χ2n) is 8.43. The summed E-state index contributed by atoms with van der Waals surface area (Å²) in [6.07, 6.45) is 6.76. The molecule has 2 aromatic rings. The van der Waals surface area contributed by atoms with Crippen LogP contribution in [0.4, 0.5) is 0 Å². The molecule has 0 unspecified atom stereocenters. The van der Waals surface area contributed by atoms with Crippen LogP contribution >= 0.6 is 0 Å². The molecule has 0 N–H and O–H groups in total. The number of likely N-dealkylation sites (tertiary alicyclic amines) is 2. The predicted molar refractivity (Wildman–Crippen MR) is 112 cm³/mol. The average molecular weight is 396 g/mol. The molecule has 2 amide bonds. The van der Waals surface area contributed by atoms with Gasteiger partial charge in [0.25, 0.3) is 11.7 Å². The van der Waals surface area contributed by atoms with Crippen molar-refractivity contribution in [1.29, 1.82) is 0 Å². The molecule has 154 valence electrons. The second-order valence-corrected chi connectivity index (χ2v) is 8.43. The summed E-state index contributed by atoms with van der Waals surface area (Å²) in [5, 5.41) is 0.739. The minimum absolute atomic E-state index is 0.0685. The first kappa shape index (κ1) is 19.7. The molecular formula is C23H29N3O3. The number of fused-ring (bicyclic) bond motifs is 1. The van der Waals surface area contributed by atoms with Gasteiger partial charge in [-0.2, -0.15) is 0 Å². The minimum Gasteiger partial charge on any atom is -0.341 e. The van der Waals surface area contributed by atoms with Crippen LogP contribution in [-0.2, 0) is 16.1 Å². The Morgan fingerprint density at radius 3 is 2.34 bits per heavy atom. The lowest BCUT2D eigenvalue weighted by atomic mass is 9.99. The van der Waals surface area contributed by atoms with Crippen LogP contribution in [0.3, 0.4) is 0 Å². The summed E-state index contributed by atoms with van der Waals surface area (Å²) in [5.74, 6) is -0.166. The Labute approximate surface area is 171 Å². The first-order valence-electron chi connectivity index (χ1n) is 10.7. The van der Waals surface area contributed by atoms with E-state index in [2.05, 4.69) is 6.92 Å². The largest absolute Gasteiger partial charge is 0.341 e. The number of piperidine rings is 2. The SMILES string of the molecule is CC1CCN(C(=O)Cn2cc(C(=O)C(=O)N3CCCCC3)c3ccccc32)CC1. The van der Waals surface area contributed by atoms with Crippen LogP contribution in [0.2, 0.25) is 0 Å². The van der Waals surface area contributed by atoms with Gasteiger partial charge in [0, 0.05) is 43.3 Å². The van der Waals surface area contributed by atoms with E-state index in [4.69, 9.17) is 0 Å². The van der Waals surface area contributed by atoms with Crippen molar-refractivity contribution in [2.24, 2.45) is 5.92 Å². The van der Waals surface area contributed by atoms with Crippen LogP contribution in [0.1, 0.15) is 49.4 Å². The van der Waals surface area contributed by atoms with E-state index in [0.29, 0.717) is 24.6 Å². The van der Waals surface area contributed by atoms with Crippen LogP contribution < -0.4 is 0 Å². The lowest BCUT2D eigenvalue weighted by Crippen LogP contribution is -2.40. The molecule has 2 aliphatic rings. The highest BCUT2D eigenvalue weighted by molar-refractivity contribution is 6.44. The molecule has 0 bridgehead atoms. The van der Waals surface area contributed by atoms with Gasteiger partial charge in [-0.15, -0.1) is 0 Å². The number of benzene rings is 1. The first-order chi connectivity index (χ1) is 14.0. The summed E-state index contributed by atoms with van der Waals surface area (Å²) in [6, 6.07) is 7.52. The molecule has 6 heteroatoms. The van der Waals surface area contributed by atoms with Gasteiger partial charge < -0.3 is 14.4 Å². The first-order valence-corrected chi connectivity index (χ1v) is 10.7. The zero-order chi connectivity index (χ0) is 20.4. The monoisotopic (exact) mass is 395 g/mol. The highest BCUT2D eigenvalue weighted by Crippen LogP contribution is 2.24. The maximum atomic E-state index is 13.0. The van der Waals surface area contributed by atoms with Crippen LogP contribution in [0.5, 0.6) is 0 Å². The van der Waals surface area contributed by atoms with Gasteiger partial charge in [-0.3, -0.25) is 14.4 Å². The zero-order valence-corrected chi connectivity index (χ0v) is 17.1. The fourth-order valence-corrected chi connectivity index (χ4v) is 4.42. The van der Waals surface area contributed by atoms with E-state index in [1.807, 2.05) is 33.7 Å². The van der Waals surface area contributed by atoms with Gasteiger partial charge in [0.1, 0.15) is 6.54 Å². The molecule has 0 saturated carbocycles. The summed E-state index contributed by atoms with van der Waals surface area (Å²) in [5.41, 5.74) is 1.22. The Hall–Kier alpha value is -2.63. The van der Waals surface area contributed by atoms with E-state index in [1.165, 1.54) is 0 Å². The molecule has 0 aliphatic carbocycles. The van der Waals surface area contributed by atoms with Crippen LogP contribution in [0, 0.1) is 5.92 Å². The highest BCUT2D eigenvalue weighted by atomic mass is 16.2. The van der Waals surface area contributed by atoms with E-state index >= 15 is 0 Å². The fraction of sp³-hybridized carbons (Fsp3) is 0.522. The number of hydrogen-bond acceptors (Lipinski definition) is 3. The number of aromatic nitrogens is 1. The molecule has 2 saturated heterocycles. The molecule has 2 aliphatic heterocycles. The molecule has 1 aromatic carbocycles. The van der Waals surface area contributed by atoms with E-state index in [9.17, 15) is 14.4 Å². The fourth-order valence-electron chi connectivity index (χ4n) is 4.42. The van der Waals surface area contributed by atoms with Gasteiger partial charge in [0.15, 0.2) is 0 Å². The lowest BCUT2D eigenvalue weighted by molar-refractivity contribution is -0.133. The topological polar surface area (TPSA) is 62.6 Å². The summed E-state index contributed by atoms with van der Waals surface area (Å²) >= 11 is 0. The summed E-state index contributed by atoms with van der Waals surface area (Å²) in [4.78, 5) is 42.1. The number of carbonyl (C=O) groups excluding carboxylic acids is 3. The Kier molecular flexibility index (Phi) is 5.69. The quantitative estimate of drug-likeness (QED) is 0.590. The van der Waals surface area contributed by atoms with Crippen molar-refractivity contribution in [2.45, 2.75) is 45.6 Å². The summed E-state index contributed by atoms with van der Waals surface area (Å²) in [7, 11) is 0. The maximum Gasteiger partial charge on any atom is 0.295 e. The summed E-state index contributed by atoms with van der Waals surface area (Å²) < 4.78 is 1.83. The van der Waals surface area contributed by atoms with E-state index < -0.39 is 11.7 Å². The Morgan fingerprint density at radius 2 is 1.62 bits per heavy atom. The van der Waals surface area contributed by atoms with Crippen molar-refractivity contribution in [2.75, 3.05) is 26.2 Å². The molecule has 0 radical (unpaired) electrons. The molecule has 1 aromatic heterocycles. The smallest absolute Gasteiger partial charge is 0.295 e. The minimum atomic E-state index is -0.471. The van der Waals surface area contributed by atoms with Gasteiger partial charge in [-0.05, 0) is 44.1 Å². The van der Waals surface area contributed by atoms with E-state index in [-0.39, 0.29) is 12.5 Å².